The van der Waals surface area contributed by atoms with Crippen molar-refractivity contribution in [1.29, 1.82) is 5.26 Å². The zero-order valence-corrected chi connectivity index (χ0v) is 7.55. The molecule has 0 radical (unpaired) electrons. The third-order valence-corrected chi connectivity index (χ3v) is 2.42. The van der Waals surface area contributed by atoms with Gasteiger partial charge in [-0.25, -0.2) is 0 Å². The van der Waals surface area contributed by atoms with Crippen LogP contribution in [0, 0.1) is 17.2 Å². The predicted octanol–water partition coefficient (Wildman–Crippen LogP) is 2.22. The van der Waals surface area contributed by atoms with Gasteiger partial charge in [-0.05, 0) is 38.7 Å². The normalized spacial score (nSPS) is 23.6. The van der Waals surface area contributed by atoms with Gasteiger partial charge in [0, 0.05) is 0 Å². The lowest BCUT2D eigenvalue weighted by Gasteiger charge is -2.19. The molecular formula is C10H13NO. The average molecular weight is 163 g/mol. The van der Waals surface area contributed by atoms with Crippen molar-refractivity contribution in [2.75, 3.05) is 0 Å². The highest BCUT2D eigenvalue weighted by atomic mass is 16.1. The van der Waals surface area contributed by atoms with Crippen molar-refractivity contribution in [3.63, 3.8) is 0 Å². The lowest BCUT2D eigenvalue weighted by Crippen LogP contribution is -2.11. The van der Waals surface area contributed by atoms with Gasteiger partial charge in [-0.15, -0.1) is 0 Å². The van der Waals surface area contributed by atoms with E-state index >= 15 is 0 Å². The highest BCUT2D eigenvalue weighted by Gasteiger charge is 2.19. The topological polar surface area (TPSA) is 40.9 Å². The van der Waals surface area contributed by atoms with Crippen molar-refractivity contribution in [1.82, 2.24) is 0 Å². The van der Waals surface area contributed by atoms with E-state index in [1.807, 2.05) is 6.92 Å². The molecule has 0 aliphatic heterocycles. The Balaban J connectivity index is 2.79. The Hall–Kier alpha value is -1.10. The molecule has 0 amide bonds. The third kappa shape index (κ3) is 1.73. The number of carbonyl (C=O) groups excluding carboxylic acids is 1. The SMILES string of the molecule is CC(=O)C1=C(C)CC(C#N)CC1. The molecule has 1 rings (SSSR count). The monoisotopic (exact) mass is 163 g/mol. The molecule has 0 fully saturated rings. The van der Waals surface area contributed by atoms with E-state index in [-0.39, 0.29) is 11.7 Å². The number of nitriles is 1. The highest BCUT2D eigenvalue weighted by molar-refractivity contribution is 5.94. The van der Waals surface area contributed by atoms with Gasteiger partial charge < -0.3 is 0 Å². The van der Waals surface area contributed by atoms with Crippen LogP contribution in [-0.2, 0) is 4.79 Å². The van der Waals surface area contributed by atoms with Crippen LogP contribution in [0.25, 0.3) is 0 Å². The molecule has 12 heavy (non-hydrogen) atoms. The second-order valence-electron chi connectivity index (χ2n) is 3.38. The molecular weight excluding hydrogens is 150 g/mol. The van der Waals surface area contributed by atoms with E-state index in [2.05, 4.69) is 6.07 Å². The number of hydrogen-bond acceptors (Lipinski definition) is 2. The largest absolute Gasteiger partial charge is 0.295 e. The van der Waals surface area contributed by atoms with Gasteiger partial charge in [-0.2, -0.15) is 5.26 Å². The number of allylic oxidation sites excluding steroid dienone is 2. The first-order valence-electron chi connectivity index (χ1n) is 4.24. The van der Waals surface area contributed by atoms with Gasteiger partial charge in [0.15, 0.2) is 5.78 Å². The Bertz CT molecular complexity index is 270. The van der Waals surface area contributed by atoms with E-state index in [0.29, 0.717) is 0 Å². The molecule has 0 aromatic carbocycles. The summed E-state index contributed by atoms with van der Waals surface area (Å²) >= 11 is 0. The summed E-state index contributed by atoms with van der Waals surface area (Å²) in [7, 11) is 0. The predicted molar refractivity (Wildman–Crippen MR) is 46.3 cm³/mol. The maximum atomic E-state index is 11.1. The highest BCUT2D eigenvalue weighted by Crippen LogP contribution is 2.28. The lowest BCUT2D eigenvalue weighted by molar-refractivity contribution is -0.113. The summed E-state index contributed by atoms with van der Waals surface area (Å²) in [6.07, 6.45) is 2.42. The Kier molecular flexibility index (Phi) is 2.65. The number of nitrogens with zero attached hydrogens (tertiary/aromatic N) is 1. The van der Waals surface area contributed by atoms with Gasteiger partial charge in [0.2, 0.25) is 0 Å². The van der Waals surface area contributed by atoms with E-state index in [9.17, 15) is 4.79 Å². The summed E-state index contributed by atoms with van der Waals surface area (Å²) in [6.45, 7) is 3.56. The summed E-state index contributed by atoms with van der Waals surface area (Å²) in [5.74, 6) is 0.303. The molecule has 1 aliphatic carbocycles. The Labute approximate surface area is 72.9 Å². The van der Waals surface area contributed by atoms with Crippen LogP contribution >= 0.6 is 0 Å². The van der Waals surface area contributed by atoms with Crippen molar-refractivity contribution in [2.24, 2.45) is 5.92 Å². The van der Waals surface area contributed by atoms with E-state index in [0.717, 1.165) is 30.4 Å². The Morgan fingerprint density at radius 3 is 2.75 bits per heavy atom. The zero-order chi connectivity index (χ0) is 9.14. The van der Waals surface area contributed by atoms with Crippen molar-refractivity contribution < 1.29 is 4.79 Å². The van der Waals surface area contributed by atoms with Crippen LogP contribution in [0.1, 0.15) is 33.1 Å². The third-order valence-electron chi connectivity index (χ3n) is 2.42. The molecule has 1 atom stereocenters. The van der Waals surface area contributed by atoms with E-state index in [1.54, 1.807) is 6.92 Å². The van der Waals surface area contributed by atoms with Crippen LogP contribution in [0.3, 0.4) is 0 Å². The van der Waals surface area contributed by atoms with Crippen LogP contribution in [0.4, 0.5) is 0 Å². The van der Waals surface area contributed by atoms with Gasteiger partial charge in [-0.1, -0.05) is 5.57 Å². The molecule has 0 N–H and O–H groups in total. The number of Topliss-reactive ketones (excluding diaryl/α,β-unsaturated/α-hetero) is 1. The molecule has 0 aromatic rings. The van der Waals surface area contributed by atoms with Crippen LogP contribution in [-0.4, -0.2) is 5.78 Å². The van der Waals surface area contributed by atoms with Gasteiger partial charge in [0.25, 0.3) is 0 Å². The van der Waals surface area contributed by atoms with Gasteiger partial charge in [-0.3, -0.25) is 4.79 Å². The van der Waals surface area contributed by atoms with Crippen LogP contribution in [0.2, 0.25) is 0 Å². The molecule has 0 spiro atoms. The van der Waals surface area contributed by atoms with Crippen molar-refractivity contribution >= 4 is 5.78 Å². The number of hydrogen-bond donors (Lipinski definition) is 0. The molecule has 2 heteroatoms. The van der Waals surface area contributed by atoms with Gasteiger partial charge >= 0.3 is 0 Å². The Morgan fingerprint density at radius 2 is 2.33 bits per heavy atom. The summed E-state index contributed by atoms with van der Waals surface area (Å²) in [5, 5.41) is 8.68. The minimum atomic E-state index is 0.132. The average Bonchev–Trinajstić information content (AvgIpc) is 2.03. The van der Waals surface area contributed by atoms with Crippen LogP contribution < -0.4 is 0 Å². The maximum Gasteiger partial charge on any atom is 0.155 e. The smallest absolute Gasteiger partial charge is 0.155 e. The van der Waals surface area contributed by atoms with E-state index < -0.39 is 0 Å². The minimum absolute atomic E-state index is 0.132. The fourth-order valence-corrected chi connectivity index (χ4v) is 1.71. The number of rotatable bonds is 1. The lowest BCUT2D eigenvalue weighted by atomic mass is 9.84. The molecule has 0 bridgehead atoms. The first kappa shape index (κ1) is 8.99. The van der Waals surface area contributed by atoms with Crippen molar-refractivity contribution in [2.45, 2.75) is 33.1 Å². The fourth-order valence-electron chi connectivity index (χ4n) is 1.71. The molecule has 1 unspecified atom stereocenters. The van der Waals surface area contributed by atoms with Gasteiger partial charge in [0.1, 0.15) is 0 Å². The summed E-state index contributed by atoms with van der Waals surface area (Å²) in [4.78, 5) is 11.1. The number of carbonyl (C=O) groups is 1. The zero-order valence-electron chi connectivity index (χ0n) is 7.55. The summed E-state index contributed by atoms with van der Waals surface area (Å²) in [6, 6.07) is 2.25. The second-order valence-corrected chi connectivity index (χ2v) is 3.38. The van der Waals surface area contributed by atoms with Crippen molar-refractivity contribution in [3.8, 4) is 6.07 Å². The van der Waals surface area contributed by atoms with Crippen LogP contribution in [0.5, 0.6) is 0 Å². The first-order valence-corrected chi connectivity index (χ1v) is 4.24. The van der Waals surface area contributed by atoms with Gasteiger partial charge in [0.05, 0.1) is 12.0 Å². The molecule has 0 heterocycles. The molecule has 64 valence electrons. The quantitative estimate of drug-likeness (QED) is 0.594. The fraction of sp³-hybridized carbons (Fsp3) is 0.600. The molecule has 0 aromatic heterocycles. The van der Waals surface area contributed by atoms with E-state index in [4.69, 9.17) is 5.26 Å². The van der Waals surface area contributed by atoms with Crippen molar-refractivity contribution in [3.05, 3.63) is 11.1 Å². The Morgan fingerprint density at radius 1 is 1.67 bits per heavy atom. The minimum Gasteiger partial charge on any atom is -0.295 e. The molecule has 2 nitrogen and oxygen atoms in total. The molecule has 0 saturated carbocycles. The molecule has 1 aliphatic rings. The standard InChI is InChI=1S/C10H13NO/c1-7-5-9(6-11)3-4-10(7)8(2)12/h9H,3-5H2,1-2H3. The van der Waals surface area contributed by atoms with E-state index in [1.165, 1.54) is 0 Å². The molecule has 0 saturated heterocycles. The number of ketones is 1. The van der Waals surface area contributed by atoms with Crippen LogP contribution in [0.15, 0.2) is 11.1 Å². The summed E-state index contributed by atoms with van der Waals surface area (Å²) in [5.41, 5.74) is 2.06. The summed E-state index contributed by atoms with van der Waals surface area (Å²) < 4.78 is 0. The second kappa shape index (κ2) is 3.53. The maximum absolute atomic E-state index is 11.1. The first-order chi connectivity index (χ1) is 5.65.